The van der Waals surface area contributed by atoms with Crippen molar-refractivity contribution >= 4 is 21.8 Å². The molecule has 2 saturated carbocycles. The molecule has 4 atom stereocenters. The summed E-state index contributed by atoms with van der Waals surface area (Å²) in [6, 6.07) is 0.420. The van der Waals surface area contributed by atoms with E-state index in [9.17, 15) is 4.79 Å². The highest BCUT2D eigenvalue weighted by atomic mass is 79.9. The minimum Gasteiger partial charge on any atom is -0.353 e. The summed E-state index contributed by atoms with van der Waals surface area (Å²) < 4.78 is 0. The third kappa shape index (κ3) is 3.24. The second kappa shape index (κ2) is 6.21. The largest absolute Gasteiger partial charge is 0.353 e. The molecule has 0 aliphatic heterocycles. The lowest BCUT2D eigenvalue weighted by molar-refractivity contribution is -0.127. The van der Waals surface area contributed by atoms with E-state index in [1.807, 2.05) is 0 Å². The first-order valence-corrected chi connectivity index (χ1v) is 8.21. The van der Waals surface area contributed by atoms with Gasteiger partial charge in [0, 0.05) is 17.3 Å². The van der Waals surface area contributed by atoms with Crippen LogP contribution < -0.4 is 5.32 Å². The minimum absolute atomic E-state index is 0.285. The molecule has 0 radical (unpaired) electrons. The lowest BCUT2D eigenvalue weighted by Crippen LogP contribution is -2.45. The third-order valence-corrected chi connectivity index (χ3v) is 5.46. The van der Waals surface area contributed by atoms with Crippen LogP contribution in [0.1, 0.15) is 51.9 Å². The van der Waals surface area contributed by atoms with E-state index in [1.54, 1.807) is 0 Å². The number of nitrogens with one attached hydrogen (secondary N) is 1. The van der Waals surface area contributed by atoms with Crippen molar-refractivity contribution in [2.24, 2.45) is 17.8 Å². The quantitative estimate of drug-likeness (QED) is 0.794. The van der Waals surface area contributed by atoms with E-state index in [4.69, 9.17) is 0 Å². The van der Waals surface area contributed by atoms with Crippen molar-refractivity contribution in [3.8, 4) is 0 Å². The van der Waals surface area contributed by atoms with Gasteiger partial charge in [-0.15, -0.1) is 0 Å². The van der Waals surface area contributed by atoms with Crippen molar-refractivity contribution in [3.05, 3.63) is 0 Å². The lowest BCUT2D eigenvalue weighted by atomic mass is 9.85. The summed E-state index contributed by atoms with van der Waals surface area (Å²) >= 11 is 3.59. The summed E-state index contributed by atoms with van der Waals surface area (Å²) in [5, 5.41) is 4.35. The van der Waals surface area contributed by atoms with Gasteiger partial charge in [0.2, 0.25) is 5.91 Å². The highest BCUT2D eigenvalue weighted by Gasteiger charge is 2.33. The van der Waals surface area contributed by atoms with Crippen LogP contribution in [0.4, 0.5) is 0 Å². The fourth-order valence-electron chi connectivity index (χ4n) is 3.41. The molecule has 0 aromatic heterocycles. The number of amides is 1. The highest BCUT2D eigenvalue weighted by molar-refractivity contribution is 9.09. The SMILES string of the molecule is CC1CCCC1C(=O)NC1CCCCC1CBr. The molecule has 0 saturated heterocycles. The summed E-state index contributed by atoms with van der Waals surface area (Å²) in [7, 11) is 0. The predicted molar refractivity (Wildman–Crippen MR) is 74.2 cm³/mol. The number of halogens is 1. The highest BCUT2D eigenvalue weighted by Crippen LogP contribution is 2.32. The maximum absolute atomic E-state index is 12.3. The standard InChI is InChI=1S/C14H24BrNO/c1-10-5-4-7-12(10)14(17)16-13-8-3-2-6-11(13)9-15/h10-13H,2-9H2,1H3,(H,16,17). The zero-order chi connectivity index (χ0) is 12.3. The van der Waals surface area contributed by atoms with Crippen LogP contribution in [0.3, 0.4) is 0 Å². The van der Waals surface area contributed by atoms with Gasteiger partial charge in [0.25, 0.3) is 0 Å². The van der Waals surface area contributed by atoms with E-state index in [1.165, 1.54) is 38.5 Å². The van der Waals surface area contributed by atoms with Gasteiger partial charge in [-0.2, -0.15) is 0 Å². The van der Waals surface area contributed by atoms with Crippen molar-refractivity contribution < 1.29 is 4.79 Å². The number of alkyl halides is 1. The number of carbonyl (C=O) groups excluding carboxylic acids is 1. The molecule has 0 bridgehead atoms. The normalized spacial score (nSPS) is 38.0. The average molecular weight is 302 g/mol. The van der Waals surface area contributed by atoms with E-state index in [0.717, 1.165) is 11.8 Å². The Bertz CT molecular complexity index is 269. The van der Waals surface area contributed by atoms with Gasteiger partial charge >= 0.3 is 0 Å². The van der Waals surface area contributed by atoms with Crippen LogP contribution in [0.5, 0.6) is 0 Å². The summed E-state index contributed by atoms with van der Waals surface area (Å²) in [6.07, 6.45) is 8.58. The van der Waals surface area contributed by atoms with Crippen LogP contribution >= 0.6 is 15.9 Å². The Morgan fingerprint density at radius 2 is 1.94 bits per heavy atom. The molecule has 0 aromatic carbocycles. The topological polar surface area (TPSA) is 29.1 Å². The minimum atomic E-state index is 0.285. The first kappa shape index (κ1) is 13.4. The lowest BCUT2D eigenvalue weighted by Gasteiger charge is -2.32. The first-order chi connectivity index (χ1) is 8.22. The molecule has 0 heterocycles. The molecule has 2 fully saturated rings. The molecule has 2 aliphatic carbocycles. The molecule has 2 nitrogen and oxygen atoms in total. The van der Waals surface area contributed by atoms with Gasteiger partial charge in [-0.05, 0) is 37.5 Å². The van der Waals surface area contributed by atoms with E-state index in [-0.39, 0.29) is 5.92 Å². The van der Waals surface area contributed by atoms with Crippen LogP contribution in [0.25, 0.3) is 0 Å². The van der Waals surface area contributed by atoms with E-state index < -0.39 is 0 Å². The fourth-order valence-corrected chi connectivity index (χ4v) is 4.18. The maximum Gasteiger partial charge on any atom is 0.223 e. The average Bonchev–Trinajstić information content (AvgIpc) is 2.76. The van der Waals surface area contributed by atoms with Gasteiger partial charge in [-0.25, -0.2) is 0 Å². The van der Waals surface area contributed by atoms with Crippen LogP contribution in [0.2, 0.25) is 0 Å². The molecule has 1 amide bonds. The molecular weight excluding hydrogens is 278 g/mol. The van der Waals surface area contributed by atoms with Gasteiger partial charge in [-0.1, -0.05) is 42.1 Å². The van der Waals surface area contributed by atoms with Crippen molar-refractivity contribution in [1.29, 1.82) is 0 Å². The zero-order valence-corrected chi connectivity index (χ0v) is 12.3. The molecule has 3 heteroatoms. The van der Waals surface area contributed by atoms with Crippen LogP contribution in [0, 0.1) is 17.8 Å². The van der Waals surface area contributed by atoms with Gasteiger partial charge in [0.15, 0.2) is 0 Å². The zero-order valence-electron chi connectivity index (χ0n) is 10.8. The molecule has 0 spiro atoms. The fraction of sp³-hybridized carbons (Fsp3) is 0.929. The van der Waals surface area contributed by atoms with Gasteiger partial charge < -0.3 is 5.32 Å². The van der Waals surface area contributed by atoms with Crippen LogP contribution in [0.15, 0.2) is 0 Å². The van der Waals surface area contributed by atoms with Gasteiger partial charge in [0.05, 0.1) is 0 Å². The summed E-state index contributed by atoms with van der Waals surface area (Å²) in [5.74, 6) is 1.84. The van der Waals surface area contributed by atoms with Gasteiger partial charge in [-0.3, -0.25) is 4.79 Å². The van der Waals surface area contributed by atoms with Crippen molar-refractivity contribution in [2.75, 3.05) is 5.33 Å². The molecule has 2 aliphatic rings. The monoisotopic (exact) mass is 301 g/mol. The maximum atomic E-state index is 12.3. The van der Waals surface area contributed by atoms with Crippen molar-refractivity contribution in [1.82, 2.24) is 5.32 Å². The summed E-state index contributed by atoms with van der Waals surface area (Å²) in [4.78, 5) is 12.3. The van der Waals surface area contributed by atoms with E-state index in [0.29, 0.717) is 23.8 Å². The van der Waals surface area contributed by atoms with E-state index >= 15 is 0 Å². The Hall–Kier alpha value is -0.0500. The molecule has 98 valence electrons. The second-order valence-corrected chi connectivity index (χ2v) is 6.48. The van der Waals surface area contributed by atoms with Crippen LogP contribution in [-0.4, -0.2) is 17.3 Å². The number of carbonyl (C=O) groups is 1. The number of rotatable bonds is 3. The van der Waals surface area contributed by atoms with Crippen molar-refractivity contribution in [3.63, 3.8) is 0 Å². The Morgan fingerprint density at radius 1 is 1.18 bits per heavy atom. The molecular formula is C14H24BrNO. The van der Waals surface area contributed by atoms with Gasteiger partial charge in [0.1, 0.15) is 0 Å². The molecule has 1 N–H and O–H groups in total. The number of hydrogen-bond acceptors (Lipinski definition) is 1. The number of hydrogen-bond donors (Lipinski definition) is 1. The molecule has 17 heavy (non-hydrogen) atoms. The summed E-state index contributed by atoms with van der Waals surface area (Å²) in [5.41, 5.74) is 0. The van der Waals surface area contributed by atoms with Crippen molar-refractivity contribution in [2.45, 2.75) is 57.9 Å². The van der Waals surface area contributed by atoms with E-state index in [2.05, 4.69) is 28.2 Å². The third-order valence-electron chi connectivity index (χ3n) is 4.63. The molecule has 2 rings (SSSR count). The smallest absolute Gasteiger partial charge is 0.223 e. The first-order valence-electron chi connectivity index (χ1n) is 7.08. The predicted octanol–water partition coefficient (Wildman–Crippen LogP) is 3.49. The molecule has 0 aromatic rings. The molecule has 4 unspecified atom stereocenters. The Balaban J connectivity index is 1.88. The summed E-state index contributed by atoms with van der Waals surface area (Å²) in [6.45, 7) is 2.22. The Kier molecular flexibility index (Phi) is 4.89. The van der Waals surface area contributed by atoms with Crippen LogP contribution in [-0.2, 0) is 4.79 Å². The Labute approximate surface area is 113 Å². The second-order valence-electron chi connectivity index (χ2n) is 5.83. The Morgan fingerprint density at radius 3 is 2.59 bits per heavy atom.